The molecule has 1 heterocycles. The Balaban J connectivity index is 2.27. The van der Waals surface area contributed by atoms with Crippen molar-refractivity contribution in [2.75, 3.05) is 17.6 Å². The van der Waals surface area contributed by atoms with E-state index >= 15 is 0 Å². The molecule has 2 nitrogen and oxygen atoms in total. The number of rotatable bonds is 9. The van der Waals surface area contributed by atoms with Crippen LogP contribution in [0.3, 0.4) is 0 Å². The lowest BCUT2D eigenvalue weighted by molar-refractivity contribution is 0.778. The standard InChI is InChI=1S/C14H24N2S/c1-3-5-6-10-17-12-13-7-9-16-14(11-13)15-8-4-2/h7,9,11H,3-6,8,10,12H2,1-2H3,(H,15,16). The van der Waals surface area contributed by atoms with E-state index in [2.05, 4.69) is 36.3 Å². The van der Waals surface area contributed by atoms with Crippen molar-refractivity contribution in [3.8, 4) is 0 Å². The molecule has 0 bridgehead atoms. The first-order chi connectivity index (χ1) is 8.36. The van der Waals surface area contributed by atoms with Crippen LogP contribution in [-0.2, 0) is 5.75 Å². The summed E-state index contributed by atoms with van der Waals surface area (Å²) in [7, 11) is 0. The predicted octanol–water partition coefficient (Wildman–Crippen LogP) is 4.33. The molecule has 0 saturated heterocycles. The molecule has 0 aromatic carbocycles. The highest BCUT2D eigenvalue weighted by Crippen LogP contribution is 2.16. The summed E-state index contributed by atoms with van der Waals surface area (Å²) in [5.74, 6) is 3.39. The molecule has 0 aliphatic rings. The fourth-order valence-electron chi connectivity index (χ4n) is 1.56. The molecule has 1 rings (SSSR count). The summed E-state index contributed by atoms with van der Waals surface area (Å²) in [6, 6.07) is 4.28. The van der Waals surface area contributed by atoms with Crippen molar-refractivity contribution in [2.45, 2.75) is 45.3 Å². The molecule has 0 atom stereocenters. The minimum absolute atomic E-state index is 1.00. The Morgan fingerprint density at radius 2 is 2.12 bits per heavy atom. The number of unbranched alkanes of at least 4 members (excludes halogenated alkanes) is 2. The smallest absolute Gasteiger partial charge is 0.126 e. The van der Waals surface area contributed by atoms with E-state index in [1.165, 1.54) is 30.6 Å². The Hall–Kier alpha value is -0.700. The number of aromatic nitrogens is 1. The summed E-state index contributed by atoms with van der Waals surface area (Å²) < 4.78 is 0. The number of hydrogen-bond acceptors (Lipinski definition) is 3. The van der Waals surface area contributed by atoms with E-state index in [4.69, 9.17) is 0 Å². The van der Waals surface area contributed by atoms with E-state index in [1.54, 1.807) is 0 Å². The molecule has 0 radical (unpaired) electrons. The van der Waals surface area contributed by atoms with Gasteiger partial charge in [-0.15, -0.1) is 0 Å². The van der Waals surface area contributed by atoms with Gasteiger partial charge >= 0.3 is 0 Å². The van der Waals surface area contributed by atoms with Gasteiger partial charge in [0.25, 0.3) is 0 Å². The van der Waals surface area contributed by atoms with Gasteiger partial charge in [0.1, 0.15) is 5.82 Å². The number of nitrogens with one attached hydrogen (secondary N) is 1. The van der Waals surface area contributed by atoms with Gasteiger partial charge in [0.2, 0.25) is 0 Å². The van der Waals surface area contributed by atoms with Crippen LogP contribution >= 0.6 is 11.8 Å². The minimum Gasteiger partial charge on any atom is -0.370 e. The molecule has 0 spiro atoms. The van der Waals surface area contributed by atoms with Crippen molar-refractivity contribution >= 4 is 17.6 Å². The zero-order valence-corrected chi connectivity index (χ0v) is 11.9. The zero-order valence-electron chi connectivity index (χ0n) is 11.0. The predicted molar refractivity (Wildman–Crippen MR) is 78.7 cm³/mol. The molecule has 0 aliphatic carbocycles. The number of hydrogen-bond donors (Lipinski definition) is 1. The normalized spacial score (nSPS) is 10.5. The summed E-state index contributed by atoms with van der Waals surface area (Å²) in [6.07, 6.45) is 7.04. The fourth-order valence-corrected chi connectivity index (χ4v) is 2.53. The highest BCUT2D eigenvalue weighted by Gasteiger charge is 1.97. The third-order valence-corrected chi connectivity index (χ3v) is 3.66. The van der Waals surface area contributed by atoms with E-state index < -0.39 is 0 Å². The van der Waals surface area contributed by atoms with Gasteiger partial charge in [-0.3, -0.25) is 0 Å². The van der Waals surface area contributed by atoms with Gasteiger partial charge in [0.15, 0.2) is 0 Å². The molecular formula is C14H24N2S. The number of pyridine rings is 1. The highest BCUT2D eigenvalue weighted by molar-refractivity contribution is 7.98. The summed E-state index contributed by atoms with van der Waals surface area (Å²) >= 11 is 2.02. The molecule has 0 unspecified atom stereocenters. The first-order valence-electron chi connectivity index (χ1n) is 6.63. The Kier molecular flexibility index (Phi) is 7.89. The molecule has 0 amide bonds. The monoisotopic (exact) mass is 252 g/mol. The van der Waals surface area contributed by atoms with E-state index in [9.17, 15) is 0 Å². The van der Waals surface area contributed by atoms with Crippen LogP contribution in [-0.4, -0.2) is 17.3 Å². The van der Waals surface area contributed by atoms with Crippen molar-refractivity contribution in [3.05, 3.63) is 23.9 Å². The van der Waals surface area contributed by atoms with E-state index in [0.29, 0.717) is 0 Å². The Labute approximate surface area is 110 Å². The minimum atomic E-state index is 1.00. The van der Waals surface area contributed by atoms with E-state index in [-0.39, 0.29) is 0 Å². The van der Waals surface area contributed by atoms with Crippen molar-refractivity contribution in [1.82, 2.24) is 4.98 Å². The second kappa shape index (κ2) is 9.34. The van der Waals surface area contributed by atoms with Crippen molar-refractivity contribution in [3.63, 3.8) is 0 Å². The lowest BCUT2D eigenvalue weighted by Crippen LogP contribution is -2.01. The van der Waals surface area contributed by atoms with Gasteiger partial charge in [0, 0.05) is 18.5 Å². The molecule has 0 aliphatic heterocycles. The first-order valence-corrected chi connectivity index (χ1v) is 7.78. The van der Waals surface area contributed by atoms with Gasteiger partial charge < -0.3 is 5.32 Å². The van der Waals surface area contributed by atoms with Crippen molar-refractivity contribution < 1.29 is 0 Å². The third-order valence-electron chi connectivity index (χ3n) is 2.54. The van der Waals surface area contributed by atoms with Crippen LogP contribution in [0.2, 0.25) is 0 Å². The van der Waals surface area contributed by atoms with Crippen molar-refractivity contribution in [2.24, 2.45) is 0 Å². The van der Waals surface area contributed by atoms with Crippen LogP contribution in [0.1, 0.15) is 45.1 Å². The molecular weight excluding hydrogens is 228 g/mol. The van der Waals surface area contributed by atoms with Crippen LogP contribution < -0.4 is 5.32 Å². The number of nitrogens with zero attached hydrogens (tertiary/aromatic N) is 1. The third kappa shape index (κ3) is 6.57. The molecule has 0 saturated carbocycles. The van der Waals surface area contributed by atoms with Crippen LogP contribution in [0.25, 0.3) is 0 Å². The Bertz CT molecular complexity index is 302. The van der Waals surface area contributed by atoms with Gasteiger partial charge in [-0.05, 0) is 36.3 Å². The lowest BCUT2D eigenvalue weighted by atomic mass is 10.3. The molecule has 96 valence electrons. The Morgan fingerprint density at radius 3 is 2.88 bits per heavy atom. The SMILES string of the molecule is CCCCCSCc1ccnc(NCCC)c1. The van der Waals surface area contributed by atoms with Gasteiger partial charge in [0.05, 0.1) is 0 Å². The highest BCUT2D eigenvalue weighted by atomic mass is 32.2. The second-order valence-corrected chi connectivity index (χ2v) is 5.34. The summed E-state index contributed by atoms with van der Waals surface area (Å²) in [4.78, 5) is 4.31. The summed E-state index contributed by atoms with van der Waals surface area (Å²) in [5, 5.41) is 3.33. The molecule has 0 fully saturated rings. The second-order valence-electron chi connectivity index (χ2n) is 4.24. The topological polar surface area (TPSA) is 24.9 Å². The van der Waals surface area contributed by atoms with Crippen LogP contribution in [0.15, 0.2) is 18.3 Å². The maximum atomic E-state index is 4.31. The molecule has 1 N–H and O–H groups in total. The summed E-state index contributed by atoms with van der Waals surface area (Å²) in [6.45, 7) is 5.42. The van der Waals surface area contributed by atoms with Crippen LogP contribution in [0, 0.1) is 0 Å². The van der Waals surface area contributed by atoms with Gasteiger partial charge in [-0.2, -0.15) is 11.8 Å². The lowest BCUT2D eigenvalue weighted by Gasteiger charge is -2.06. The maximum absolute atomic E-state index is 4.31. The van der Waals surface area contributed by atoms with Gasteiger partial charge in [-0.1, -0.05) is 26.7 Å². The van der Waals surface area contributed by atoms with E-state index in [1.807, 2.05) is 18.0 Å². The van der Waals surface area contributed by atoms with Gasteiger partial charge in [-0.25, -0.2) is 4.98 Å². The van der Waals surface area contributed by atoms with E-state index in [0.717, 1.165) is 24.5 Å². The first kappa shape index (κ1) is 14.4. The number of anilines is 1. The fraction of sp³-hybridized carbons (Fsp3) is 0.643. The number of thioether (sulfide) groups is 1. The summed E-state index contributed by atoms with van der Waals surface area (Å²) in [5.41, 5.74) is 1.38. The zero-order chi connectivity index (χ0) is 12.3. The average molecular weight is 252 g/mol. The maximum Gasteiger partial charge on any atom is 0.126 e. The molecule has 1 aromatic rings. The quantitative estimate of drug-likeness (QED) is 0.662. The molecule has 1 aromatic heterocycles. The average Bonchev–Trinajstić information content (AvgIpc) is 2.37. The van der Waals surface area contributed by atoms with Crippen LogP contribution in [0.4, 0.5) is 5.82 Å². The Morgan fingerprint density at radius 1 is 1.24 bits per heavy atom. The largest absolute Gasteiger partial charge is 0.370 e. The van der Waals surface area contributed by atoms with Crippen LogP contribution in [0.5, 0.6) is 0 Å². The molecule has 3 heteroatoms. The molecule has 17 heavy (non-hydrogen) atoms. The van der Waals surface area contributed by atoms with Crippen molar-refractivity contribution in [1.29, 1.82) is 0 Å².